The first-order valence-corrected chi connectivity index (χ1v) is 5.97. The summed E-state index contributed by atoms with van der Waals surface area (Å²) in [7, 11) is 0. The summed E-state index contributed by atoms with van der Waals surface area (Å²) in [6.45, 7) is 12.8. The summed E-state index contributed by atoms with van der Waals surface area (Å²) in [4.78, 5) is 10.1. The molecule has 0 saturated heterocycles. The molecule has 20 heavy (non-hydrogen) atoms. The van der Waals surface area contributed by atoms with Crippen LogP contribution in [0.4, 0.5) is 0 Å². The number of hydrogen-bond acceptors (Lipinski definition) is 5. The summed E-state index contributed by atoms with van der Waals surface area (Å²) in [5.74, 6) is -0.972. The van der Waals surface area contributed by atoms with Crippen LogP contribution in [0.5, 0.6) is 0 Å². The lowest BCUT2D eigenvalue weighted by atomic mass is 9.96. The van der Waals surface area contributed by atoms with Crippen molar-refractivity contribution in [1.82, 2.24) is 0 Å². The van der Waals surface area contributed by atoms with Gasteiger partial charge >= 0.3 is 5.97 Å². The monoisotopic (exact) mass is 292 g/mol. The van der Waals surface area contributed by atoms with Gasteiger partial charge in [-0.3, -0.25) is 4.79 Å². The van der Waals surface area contributed by atoms with Crippen molar-refractivity contribution in [2.24, 2.45) is 10.8 Å². The van der Waals surface area contributed by atoms with E-state index in [4.69, 9.17) is 20.4 Å². The molecule has 6 nitrogen and oxygen atoms in total. The Morgan fingerprint density at radius 3 is 1.35 bits per heavy atom. The molecule has 6 heteroatoms. The highest BCUT2D eigenvalue weighted by molar-refractivity contribution is 5.73. The van der Waals surface area contributed by atoms with Crippen LogP contribution >= 0.6 is 0 Å². The lowest BCUT2D eigenvalue weighted by Crippen LogP contribution is -2.27. The van der Waals surface area contributed by atoms with E-state index in [-0.39, 0.29) is 25.2 Å². The van der Waals surface area contributed by atoms with E-state index >= 15 is 0 Å². The number of carbonyl (C=O) groups is 1. The highest BCUT2D eigenvalue weighted by Crippen LogP contribution is 2.12. The van der Waals surface area contributed by atoms with E-state index in [1.54, 1.807) is 13.8 Å². The molecule has 0 unspecified atom stereocenters. The van der Waals surface area contributed by atoms with Crippen molar-refractivity contribution < 1.29 is 30.0 Å². The minimum Gasteiger partial charge on any atom is -0.481 e. The first-order valence-electron chi connectivity index (χ1n) is 5.97. The molecule has 0 aliphatic rings. The SMILES string of the molecule is C=COC=C.CC(C)(CO)C(=O)O.CC(C)(CO)CO. The normalized spacial score (nSPS) is 10.2. The van der Waals surface area contributed by atoms with Crippen molar-refractivity contribution in [2.45, 2.75) is 27.7 Å². The van der Waals surface area contributed by atoms with Crippen LogP contribution < -0.4 is 0 Å². The van der Waals surface area contributed by atoms with Gasteiger partial charge in [0.1, 0.15) is 0 Å². The Hall–Kier alpha value is -1.37. The Morgan fingerprint density at radius 1 is 1.00 bits per heavy atom. The average molecular weight is 292 g/mol. The van der Waals surface area contributed by atoms with Crippen molar-refractivity contribution in [3.05, 3.63) is 25.7 Å². The predicted octanol–water partition coefficient (Wildman–Crippen LogP) is 1.38. The third kappa shape index (κ3) is 16.6. The molecule has 0 radical (unpaired) electrons. The largest absolute Gasteiger partial charge is 0.481 e. The van der Waals surface area contributed by atoms with Crippen molar-refractivity contribution >= 4 is 5.97 Å². The van der Waals surface area contributed by atoms with Gasteiger partial charge in [0, 0.05) is 5.41 Å². The van der Waals surface area contributed by atoms with E-state index in [0.29, 0.717) is 0 Å². The van der Waals surface area contributed by atoms with Gasteiger partial charge in [-0.05, 0) is 13.8 Å². The third-order valence-electron chi connectivity index (χ3n) is 2.02. The minimum absolute atomic E-state index is 0.0451. The van der Waals surface area contributed by atoms with E-state index in [0.717, 1.165) is 0 Å². The molecule has 0 aromatic rings. The van der Waals surface area contributed by atoms with E-state index in [2.05, 4.69) is 17.9 Å². The first-order chi connectivity index (χ1) is 9.04. The van der Waals surface area contributed by atoms with Gasteiger partial charge in [0.2, 0.25) is 0 Å². The Balaban J connectivity index is -0.000000223. The second-order valence-electron chi connectivity index (χ2n) is 5.30. The molecular weight excluding hydrogens is 264 g/mol. The zero-order chi connectivity index (χ0) is 16.8. The second kappa shape index (κ2) is 12.7. The second-order valence-corrected chi connectivity index (χ2v) is 5.30. The van der Waals surface area contributed by atoms with Crippen molar-refractivity contribution in [2.75, 3.05) is 19.8 Å². The topological polar surface area (TPSA) is 107 Å². The third-order valence-corrected chi connectivity index (χ3v) is 2.02. The summed E-state index contributed by atoms with van der Waals surface area (Å²) >= 11 is 0. The van der Waals surface area contributed by atoms with Gasteiger partial charge in [-0.2, -0.15) is 0 Å². The molecule has 0 atom stereocenters. The maximum Gasteiger partial charge on any atom is 0.311 e. The Morgan fingerprint density at radius 2 is 1.35 bits per heavy atom. The molecule has 0 aliphatic carbocycles. The number of aliphatic hydroxyl groups is 3. The Labute approximate surface area is 121 Å². The van der Waals surface area contributed by atoms with Gasteiger partial charge in [-0.1, -0.05) is 27.0 Å². The van der Waals surface area contributed by atoms with Gasteiger partial charge < -0.3 is 25.2 Å². The number of aliphatic carboxylic acids is 1. The number of aliphatic hydroxyl groups excluding tert-OH is 3. The Kier molecular flexibility index (Phi) is 15.0. The van der Waals surface area contributed by atoms with Gasteiger partial charge in [0.05, 0.1) is 37.8 Å². The zero-order valence-electron chi connectivity index (χ0n) is 12.8. The van der Waals surface area contributed by atoms with E-state index in [1.165, 1.54) is 26.4 Å². The Bertz CT molecular complexity index is 259. The summed E-state index contributed by atoms with van der Waals surface area (Å²) in [6, 6.07) is 0. The summed E-state index contributed by atoms with van der Waals surface area (Å²) < 4.78 is 4.36. The fraction of sp³-hybridized carbons (Fsp3) is 0.643. The highest BCUT2D eigenvalue weighted by atomic mass is 16.5. The molecule has 120 valence electrons. The standard InChI is InChI=1S/C5H10O3.C5H12O2.C4H6O/c1-5(2,3-6)4(7)8;1-5(2,3-6)4-7;1-3-5-4-2/h6H,3H2,1-2H3,(H,7,8);6-7H,3-4H2,1-2H3;3-4H,1-2H2. The maximum atomic E-state index is 10.1. The molecule has 0 amide bonds. The quantitative estimate of drug-likeness (QED) is 0.551. The number of carboxylic acids is 1. The van der Waals surface area contributed by atoms with Crippen LogP contribution in [0.15, 0.2) is 25.7 Å². The van der Waals surface area contributed by atoms with Gasteiger partial charge in [-0.15, -0.1) is 0 Å². The molecule has 0 spiro atoms. The van der Waals surface area contributed by atoms with Crippen LogP contribution in [0.2, 0.25) is 0 Å². The van der Waals surface area contributed by atoms with Crippen molar-refractivity contribution in [3.63, 3.8) is 0 Å². The van der Waals surface area contributed by atoms with Crippen LogP contribution in [-0.4, -0.2) is 46.2 Å². The summed E-state index contributed by atoms with van der Waals surface area (Å²) in [5.41, 5.74) is -1.29. The van der Waals surface area contributed by atoms with Crippen LogP contribution in [0.1, 0.15) is 27.7 Å². The fourth-order valence-corrected chi connectivity index (χ4v) is 0.186. The van der Waals surface area contributed by atoms with Crippen LogP contribution in [0, 0.1) is 10.8 Å². The lowest BCUT2D eigenvalue weighted by Gasteiger charge is -2.16. The molecule has 0 aromatic carbocycles. The molecule has 0 rings (SSSR count). The highest BCUT2D eigenvalue weighted by Gasteiger charge is 2.25. The smallest absolute Gasteiger partial charge is 0.311 e. The molecule has 0 aliphatic heterocycles. The van der Waals surface area contributed by atoms with Crippen LogP contribution in [0.3, 0.4) is 0 Å². The van der Waals surface area contributed by atoms with Crippen LogP contribution in [-0.2, 0) is 9.53 Å². The van der Waals surface area contributed by atoms with Gasteiger partial charge in [0.25, 0.3) is 0 Å². The van der Waals surface area contributed by atoms with Crippen molar-refractivity contribution in [1.29, 1.82) is 0 Å². The van der Waals surface area contributed by atoms with E-state index in [1.807, 2.05) is 0 Å². The molecule has 0 heterocycles. The summed E-state index contributed by atoms with van der Waals surface area (Å²) in [6.07, 6.45) is 2.62. The van der Waals surface area contributed by atoms with Crippen molar-refractivity contribution in [3.8, 4) is 0 Å². The fourth-order valence-electron chi connectivity index (χ4n) is 0.186. The minimum atomic E-state index is -0.986. The first kappa shape index (κ1) is 23.7. The lowest BCUT2D eigenvalue weighted by molar-refractivity contribution is -0.148. The molecule has 0 bridgehead atoms. The van der Waals surface area contributed by atoms with Gasteiger partial charge in [0.15, 0.2) is 0 Å². The average Bonchev–Trinajstić information content (AvgIpc) is 2.41. The predicted molar refractivity (Wildman–Crippen MR) is 77.9 cm³/mol. The summed E-state index contributed by atoms with van der Waals surface area (Å²) in [5, 5.41) is 33.5. The van der Waals surface area contributed by atoms with Gasteiger partial charge in [-0.25, -0.2) is 0 Å². The van der Waals surface area contributed by atoms with E-state index in [9.17, 15) is 4.79 Å². The molecular formula is C14H28O6. The molecule has 0 saturated carbocycles. The zero-order valence-corrected chi connectivity index (χ0v) is 12.8. The number of hydrogen-bond donors (Lipinski definition) is 4. The molecule has 0 fully saturated rings. The number of ether oxygens (including phenoxy) is 1. The number of rotatable bonds is 6. The molecule has 0 aromatic heterocycles. The molecule has 4 N–H and O–H groups in total. The van der Waals surface area contributed by atoms with Crippen LogP contribution in [0.25, 0.3) is 0 Å². The van der Waals surface area contributed by atoms with E-state index < -0.39 is 11.4 Å². The number of carboxylic acid groups (broad SMARTS) is 1. The maximum absolute atomic E-state index is 10.1.